The van der Waals surface area contributed by atoms with Crippen LogP contribution in [0.3, 0.4) is 0 Å². The number of benzene rings is 2. The zero-order chi connectivity index (χ0) is 17.4. The number of fused-ring (bicyclic) bond motifs is 1. The number of likely N-dealkylation sites (tertiary alicyclic amines) is 2. The van der Waals surface area contributed by atoms with Gasteiger partial charge >= 0.3 is 6.03 Å². The third-order valence-corrected chi connectivity index (χ3v) is 5.64. The van der Waals surface area contributed by atoms with Gasteiger partial charge in [-0.25, -0.2) is 4.79 Å². The Kier molecular flexibility index (Phi) is 3.85. The van der Waals surface area contributed by atoms with E-state index in [0.717, 1.165) is 49.1 Å². The van der Waals surface area contributed by atoms with Crippen molar-refractivity contribution in [2.24, 2.45) is 5.41 Å². The lowest BCUT2D eigenvalue weighted by Gasteiger charge is -2.24. The molecule has 0 aromatic heterocycles. The highest BCUT2D eigenvalue weighted by Gasteiger charge is 2.43. The maximum absolute atomic E-state index is 12.8. The first-order valence-electron chi connectivity index (χ1n) is 8.77. The molecule has 0 unspecified atom stereocenters. The molecule has 1 atom stereocenters. The summed E-state index contributed by atoms with van der Waals surface area (Å²) in [7, 11) is 2.15. The maximum Gasteiger partial charge on any atom is 0.321 e. The van der Waals surface area contributed by atoms with Crippen molar-refractivity contribution >= 4 is 22.5 Å². The molecule has 5 heteroatoms. The minimum atomic E-state index is -0.0405. The van der Waals surface area contributed by atoms with Crippen LogP contribution in [0.15, 0.2) is 36.4 Å². The van der Waals surface area contributed by atoms with Gasteiger partial charge in [-0.05, 0) is 38.6 Å². The summed E-state index contributed by atoms with van der Waals surface area (Å²) in [6, 6.07) is 13.5. The number of rotatable bonds is 1. The molecule has 2 aromatic rings. The monoisotopic (exact) mass is 334 g/mol. The third kappa shape index (κ3) is 2.83. The average molecular weight is 334 g/mol. The van der Waals surface area contributed by atoms with Crippen molar-refractivity contribution < 1.29 is 4.79 Å². The predicted octanol–water partition coefficient (Wildman–Crippen LogP) is 3.27. The summed E-state index contributed by atoms with van der Waals surface area (Å²) in [4.78, 5) is 17.1. The number of carbonyl (C=O) groups excluding carboxylic acids is 1. The fourth-order valence-electron chi connectivity index (χ4n) is 4.30. The first-order chi connectivity index (χ1) is 12.1. The van der Waals surface area contributed by atoms with Crippen LogP contribution in [0, 0.1) is 16.7 Å². The summed E-state index contributed by atoms with van der Waals surface area (Å²) in [6.07, 6.45) is 2.26. The van der Waals surface area contributed by atoms with Crippen LogP contribution >= 0.6 is 0 Å². The van der Waals surface area contributed by atoms with Crippen molar-refractivity contribution in [3.05, 3.63) is 42.0 Å². The van der Waals surface area contributed by atoms with E-state index in [0.29, 0.717) is 5.56 Å². The van der Waals surface area contributed by atoms with E-state index in [-0.39, 0.29) is 11.4 Å². The van der Waals surface area contributed by atoms with Gasteiger partial charge in [-0.1, -0.05) is 24.3 Å². The van der Waals surface area contributed by atoms with Gasteiger partial charge < -0.3 is 15.1 Å². The lowest BCUT2D eigenvalue weighted by Crippen LogP contribution is -2.36. The number of anilines is 1. The van der Waals surface area contributed by atoms with E-state index in [1.807, 2.05) is 35.2 Å². The lowest BCUT2D eigenvalue weighted by atomic mass is 9.86. The van der Waals surface area contributed by atoms with E-state index in [4.69, 9.17) is 0 Å². The molecule has 2 saturated heterocycles. The lowest BCUT2D eigenvalue weighted by molar-refractivity contribution is 0.212. The molecule has 4 rings (SSSR count). The molecule has 2 aromatic carbocycles. The smallest absolute Gasteiger partial charge is 0.321 e. The highest BCUT2D eigenvalue weighted by atomic mass is 16.2. The second-order valence-electron chi connectivity index (χ2n) is 7.41. The molecule has 0 saturated carbocycles. The number of amides is 2. The summed E-state index contributed by atoms with van der Waals surface area (Å²) in [6.45, 7) is 3.84. The summed E-state index contributed by atoms with van der Waals surface area (Å²) >= 11 is 0. The van der Waals surface area contributed by atoms with Gasteiger partial charge in [0.05, 0.1) is 17.3 Å². The summed E-state index contributed by atoms with van der Waals surface area (Å²) in [5, 5.41) is 14.1. The van der Waals surface area contributed by atoms with Gasteiger partial charge in [0.1, 0.15) is 0 Å². The molecule has 2 amide bonds. The topological polar surface area (TPSA) is 59.4 Å². The molecule has 0 bridgehead atoms. The molecule has 2 fully saturated rings. The molecule has 0 radical (unpaired) electrons. The Hall–Kier alpha value is -2.58. The van der Waals surface area contributed by atoms with Gasteiger partial charge in [0, 0.05) is 35.8 Å². The highest BCUT2D eigenvalue weighted by molar-refractivity contribution is 6.03. The molecule has 2 aliphatic rings. The second kappa shape index (κ2) is 6.05. The number of carbonyl (C=O) groups is 1. The standard InChI is InChI=1S/C20H22N4O/c1-23-10-8-20(13-23)9-11-24(14-20)19(25)22-18-7-6-15(12-21)16-4-2-3-5-17(16)18/h2-7H,8-11,13-14H2,1H3,(H,22,25)/t20-/m1/s1. The molecule has 1 spiro atoms. The van der Waals surface area contributed by atoms with Crippen LogP contribution in [0.4, 0.5) is 10.5 Å². The molecule has 5 nitrogen and oxygen atoms in total. The van der Waals surface area contributed by atoms with Gasteiger partial charge in [0.2, 0.25) is 0 Å². The Morgan fingerprint density at radius 2 is 1.88 bits per heavy atom. The predicted molar refractivity (Wildman–Crippen MR) is 98.4 cm³/mol. The van der Waals surface area contributed by atoms with Crippen LogP contribution in [0.1, 0.15) is 18.4 Å². The van der Waals surface area contributed by atoms with Gasteiger partial charge in [-0.15, -0.1) is 0 Å². The van der Waals surface area contributed by atoms with Crippen LogP contribution in [0.5, 0.6) is 0 Å². The Labute approximate surface area is 147 Å². The van der Waals surface area contributed by atoms with Gasteiger partial charge in [0.15, 0.2) is 0 Å². The number of nitrogens with one attached hydrogen (secondary N) is 1. The quantitative estimate of drug-likeness (QED) is 0.871. The molecule has 25 heavy (non-hydrogen) atoms. The zero-order valence-corrected chi connectivity index (χ0v) is 14.5. The average Bonchev–Trinajstić information content (AvgIpc) is 3.21. The second-order valence-corrected chi connectivity index (χ2v) is 7.41. The molecule has 128 valence electrons. The molecular weight excluding hydrogens is 312 g/mol. The van der Waals surface area contributed by atoms with E-state index in [1.165, 1.54) is 6.42 Å². The van der Waals surface area contributed by atoms with Crippen molar-refractivity contribution in [1.82, 2.24) is 9.80 Å². The van der Waals surface area contributed by atoms with Crippen LogP contribution in [0.25, 0.3) is 10.8 Å². The minimum Gasteiger partial charge on any atom is -0.324 e. The van der Waals surface area contributed by atoms with Crippen molar-refractivity contribution in [2.75, 3.05) is 38.5 Å². The van der Waals surface area contributed by atoms with Crippen molar-refractivity contribution in [3.8, 4) is 6.07 Å². The van der Waals surface area contributed by atoms with Crippen LogP contribution in [0.2, 0.25) is 0 Å². The highest BCUT2D eigenvalue weighted by Crippen LogP contribution is 2.39. The minimum absolute atomic E-state index is 0.0405. The van der Waals surface area contributed by atoms with E-state index in [9.17, 15) is 10.1 Å². The van der Waals surface area contributed by atoms with Crippen molar-refractivity contribution in [2.45, 2.75) is 12.8 Å². The molecule has 0 aliphatic carbocycles. The molecule has 2 heterocycles. The molecule has 1 N–H and O–H groups in total. The number of nitrogens with zero attached hydrogens (tertiary/aromatic N) is 3. The SMILES string of the molecule is CN1CC[C@@]2(CCN(C(=O)Nc3ccc(C#N)c4ccccc34)C2)C1. The number of nitriles is 1. The fourth-order valence-corrected chi connectivity index (χ4v) is 4.30. The van der Waals surface area contributed by atoms with Crippen molar-refractivity contribution in [3.63, 3.8) is 0 Å². The van der Waals surface area contributed by atoms with Gasteiger partial charge in [-0.3, -0.25) is 0 Å². The Bertz CT molecular complexity index is 872. The largest absolute Gasteiger partial charge is 0.324 e. The van der Waals surface area contributed by atoms with Crippen LogP contribution in [-0.4, -0.2) is 49.1 Å². The van der Waals surface area contributed by atoms with E-state index in [1.54, 1.807) is 6.07 Å². The fraction of sp³-hybridized carbons (Fsp3) is 0.400. The van der Waals surface area contributed by atoms with Crippen molar-refractivity contribution in [1.29, 1.82) is 5.26 Å². The molecular formula is C20H22N4O. The summed E-state index contributed by atoms with van der Waals surface area (Å²) < 4.78 is 0. The van der Waals surface area contributed by atoms with E-state index >= 15 is 0 Å². The molecule has 2 aliphatic heterocycles. The van der Waals surface area contributed by atoms with Gasteiger partial charge in [-0.2, -0.15) is 5.26 Å². The van der Waals surface area contributed by atoms with E-state index in [2.05, 4.69) is 23.3 Å². The first-order valence-corrected chi connectivity index (χ1v) is 8.77. The Morgan fingerprint density at radius 1 is 1.12 bits per heavy atom. The normalized spacial score (nSPS) is 23.3. The Morgan fingerprint density at radius 3 is 2.60 bits per heavy atom. The number of urea groups is 1. The summed E-state index contributed by atoms with van der Waals surface area (Å²) in [5.74, 6) is 0. The Balaban J connectivity index is 1.54. The van der Waals surface area contributed by atoms with E-state index < -0.39 is 0 Å². The number of hydrogen-bond acceptors (Lipinski definition) is 3. The number of hydrogen-bond donors (Lipinski definition) is 1. The van der Waals surface area contributed by atoms with Crippen LogP contribution in [-0.2, 0) is 0 Å². The zero-order valence-electron chi connectivity index (χ0n) is 14.5. The van der Waals surface area contributed by atoms with Gasteiger partial charge in [0.25, 0.3) is 0 Å². The summed E-state index contributed by atoms with van der Waals surface area (Å²) in [5.41, 5.74) is 1.67. The first kappa shape index (κ1) is 15.9. The van der Waals surface area contributed by atoms with Crippen LogP contribution < -0.4 is 5.32 Å². The third-order valence-electron chi connectivity index (χ3n) is 5.64. The maximum atomic E-state index is 12.8.